The highest BCUT2D eigenvalue weighted by atomic mass is 35.5. The third-order valence-corrected chi connectivity index (χ3v) is 4.22. The normalized spacial score (nSPS) is 21.0. The summed E-state index contributed by atoms with van der Waals surface area (Å²) in [5.74, 6) is -0.546. The van der Waals surface area contributed by atoms with Crippen LogP contribution in [0.3, 0.4) is 0 Å². The molecule has 0 aliphatic carbocycles. The van der Waals surface area contributed by atoms with Gasteiger partial charge in [0.1, 0.15) is 5.75 Å². The van der Waals surface area contributed by atoms with E-state index in [4.69, 9.17) is 17.3 Å². The van der Waals surface area contributed by atoms with Gasteiger partial charge in [-0.15, -0.1) is 0 Å². The van der Waals surface area contributed by atoms with Crippen molar-refractivity contribution in [3.05, 3.63) is 28.8 Å². The Morgan fingerprint density at radius 2 is 2.18 bits per heavy atom. The van der Waals surface area contributed by atoms with Crippen molar-refractivity contribution in [3.8, 4) is 5.75 Å². The van der Waals surface area contributed by atoms with E-state index in [9.17, 15) is 13.6 Å². The molecule has 0 bridgehead atoms. The molecule has 1 amide bonds. The molecule has 1 atom stereocenters. The van der Waals surface area contributed by atoms with E-state index in [1.165, 1.54) is 18.2 Å². The van der Waals surface area contributed by atoms with Gasteiger partial charge in [0.2, 0.25) is 0 Å². The largest absolute Gasteiger partial charge is 0.434 e. The Labute approximate surface area is 133 Å². The van der Waals surface area contributed by atoms with E-state index in [0.717, 1.165) is 0 Å². The summed E-state index contributed by atoms with van der Waals surface area (Å²) in [7, 11) is 0. The number of benzene rings is 1. The molecule has 1 fully saturated rings. The number of rotatable bonds is 3. The van der Waals surface area contributed by atoms with E-state index in [0.29, 0.717) is 19.5 Å². The highest BCUT2D eigenvalue weighted by molar-refractivity contribution is 6.31. The molecule has 122 valence electrons. The van der Waals surface area contributed by atoms with Crippen LogP contribution < -0.4 is 10.5 Å². The van der Waals surface area contributed by atoms with Gasteiger partial charge in [-0.2, -0.15) is 8.78 Å². The summed E-state index contributed by atoms with van der Waals surface area (Å²) in [5.41, 5.74) is 5.85. The Bertz CT molecular complexity index is 566. The van der Waals surface area contributed by atoms with Gasteiger partial charge in [0, 0.05) is 24.2 Å². The van der Waals surface area contributed by atoms with Crippen LogP contribution in [-0.2, 0) is 0 Å². The number of carbonyl (C=O) groups excluding carboxylic acids is 1. The van der Waals surface area contributed by atoms with Crippen molar-refractivity contribution in [1.82, 2.24) is 4.90 Å². The number of nitrogens with zero attached hydrogens (tertiary/aromatic N) is 1. The van der Waals surface area contributed by atoms with Gasteiger partial charge in [0.15, 0.2) is 0 Å². The quantitative estimate of drug-likeness (QED) is 0.925. The first-order valence-corrected chi connectivity index (χ1v) is 7.38. The number of hydrogen-bond donors (Lipinski definition) is 1. The first-order valence-electron chi connectivity index (χ1n) is 7.00. The summed E-state index contributed by atoms with van der Waals surface area (Å²) >= 11 is 5.88. The van der Waals surface area contributed by atoms with Gasteiger partial charge in [-0.1, -0.05) is 25.4 Å². The van der Waals surface area contributed by atoms with E-state index < -0.39 is 6.61 Å². The fourth-order valence-corrected chi connectivity index (χ4v) is 2.76. The van der Waals surface area contributed by atoms with Crippen molar-refractivity contribution < 1.29 is 18.3 Å². The molecule has 1 heterocycles. The standard InChI is InChI=1S/C15H19ClF2N2O2/c1-15(2)8-20(6-5-12(15)19)13(21)10-7-9(16)3-4-11(10)22-14(17)18/h3-4,7,12,14H,5-6,8,19H2,1-2H3. The molecule has 0 saturated carbocycles. The molecule has 1 aromatic rings. The fourth-order valence-electron chi connectivity index (χ4n) is 2.59. The highest BCUT2D eigenvalue weighted by Gasteiger charge is 2.36. The summed E-state index contributed by atoms with van der Waals surface area (Å²) in [6, 6.07) is 4.03. The highest BCUT2D eigenvalue weighted by Crippen LogP contribution is 2.31. The molecule has 1 aromatic carbocycles. The van der Waals surface area contributed by atoms with Gasteiger partial charge in [-0.25, -0.2) is 0 Å². The van der Waals surface area contributed by atoms with E-state index in [2.05, 4.69) is 4.74 Å². The topological polar surface area (TPSA) is 55.6 Å². The van der Waals surface area contributed by atoms with Crippen molar-refractivity contribution >= 4 is 17.5 Å². The van der Waals surface area contributed by atoms with Crippen LogP contribution in [0.1, 0.15) is 30.6 Å². The molecule has 2 rings (SSSR count). The van der Waals surface area contributed by atoms with E-state index in [1.807, 2.05) is 13.8 Å². The van der Waals surface area contributed by atoms with Crippen LogP contribution in [0.15, 0.2) is 18.2 Å². The number of ether oxygens (including phenoxy) is 1. The summed E-state index contributed by atoms with van der Waals surface area (Å²) < 4.78 is 29.4. The number of carbonyl (C=O) groups is 1. The summed E-state index contributed by atoms with van der Waals surface area (Å²) in [6.45, 7) is 1.88. The second-order valence-corrected chi connectivity index (χ2v) is 6.57. The monoisotopic (exact) mass is 332 g/mol. The zero-order chi connectivity index (χ0) is 16.5. The Morgan fingerprint density at radius 3 is 2.77 bits per heavy atom. The van der Waals surface area contributed by atoms with Gasteiger partial charge in [-0.05, 0) is 30.0 Å². The lowest BCUT2D eigenvalue weighted by atomic mass is 9.79. The number of hydrogen-bond acceptors (Lipinski definition) is 3. The minimum absolute atomic E-state index is 0.00676. The van der Waals surface area contributed by atoms with Gasteiger partial charge >= 0.3 is 6.61 Å². The molecule has 4 nitrogen and oxygen atoms in total. The Morgan fingerprint density at radius 1 is 1.50 bits per heavy atom. The lowest BCUT2D eigenvalue weighted by Crippen LogP contribution is -2.54. The fraction of sp³-hybridized carbons (Fsp3) is 0.533. The maximum Gasteiger partial charge on any atom is 0.387 e. The second kappa shape index (κ2) is 6.38. The van der Waals surface area contributed by atoms with Crippen LogP contribution in [0.5, 0.6) is 5.75 Å². The lowest BCUT2D eigenvalue weighted by Gasteiger charge is -2.42. The number of halogens is 3. The minimum atomic E-state index is -3.00. The number of alkyl halides is 2. The average Bonchev–Trinajstić information content (AvgIpc) is 2.42. The van der Waals surface area contributed by atoms with Crippen molar-refractivity contribution in [2.24, 2.45) is 11.1 Å². The van der Waals surface area contributed by atoms with Gasteiger partial charge < -0.3 is 15.4 Å². The smallest absolute Gasteiger partial charge is 0.387 e. The zero-order valence-corrected chi connectivity index (χ0v) is 13.2. The molecule has 22 heavy (non-hydrogen) atoms. The van der Waals surface area contributed by atoms with Crippen molar-refractivity contribution in [2.75, 3.05) is 13.1 Å². The first-order chi connectivity index (χ1) is 10.2. The summed E-state index contributed by atoms with van der Waals surface area (Å²) in [4.78, 5) is 14.3. The third-order valence-electron chi connectivity index (χ3n) is 3.99. The van der Waals surface area contributed by atoms with E-state index in [1.54, 1.807) is 4.90 Å². The molecule has 1 saturated heterocycles. The molecule has 0 aromatic heterocycles. The summed E-state index contributed by atoms with van der Waals surface area (Å²) in [5, 5.41) is 0.290. The van der Waals surface area contributed by atoms with Crippen LogP contribution in [0, 0.1) is 5.41 Å². The van der Waals surface area contributed by atoms with E-state index >= 15 is 0 Å². The van der Waals surface area contributed by atoms with Gasteiger partial charge in [0.05, 0.1) is 5.56 Å². The number of likely N-dealkylation sites (tertiary alicyclic amines) is 1. The molecule has 2 N–H and O–H groups in total. The van der Waals surface area contributed by atoms with Crippen molar-refractivity contribution in [2.45, 2.75) is 32.9 Å². The predicted octanol–water partition coefficient (Wildman–Crippen LogP) is 3.14. The second-order valence-electron chi connectivity index (χ2n) is 6.13. The van der Waals surface area contributed by atoms with Gasteiger partial charge in [0.25, 0.3) is 5.91 Å². The van der Waals surface area contributed by atoms with Crippen LogP contribution in [0.4, 0.5) is 8.78 Å². The lowest BCUT2D eigenvalue weighted by molar-refractivity contribution is -0.0503. The molecular formula is C15H19ClF2N2O2. The zero-order valence-electron chi connectivity index (χ0n) is 12.5. The first kappa shape index (κ1) is 17.0. The van der Waals surface area contributed by atoms with Crippen LogP contribution >= 0.6 is 11.6 Å². The Kier molecular flexibility index (Phi) is 4.92. The van der Waals surface area contributed by atoms with E-state index in [-0.39, 0.29) is 33.7 Å². The summed E-state index contributed by atoms with van der Waals surface area (Å²) in [6.07, 6.45) is 0.657. The number of piperidine rings is 1. The third kappa shape index (κ3) is 3.67. The average molecular weight is 333 g/mol. The van der Waals surface area contributed by atoms with Crippen LogP contribution in [0.25, 0.3) is 0 Å². The van der Waals surface area contributed by atoms with Crippen molar-refractivity contribution in [1.29, 1.82) is 0 Å². The number of amides is 1. The van der Waals surface area contributed by atoms with Crippen molar-refractivity contribution in [3.63, 3.8) is 0 Å². The Balaban J connectivity index is 2.27. The SMILES string of the molecule is CC1(C)CN(C(=O)c2cc(Cl)ccc2OC(F)F)CCC1N. The van der Waals surface area contributed by atoms with Crippen LogP contribution in [0.2, 0.25) is 5.02 Å². The maximum atomic E-state index is 12.7. The molecule has 0 spiro atoms. The molecular weight excluding hydrogens is 314 g/mol. The van der Waals surface area contributed by atoms with Gasteiger partial charge in [-0.3, -0.25) is 4.79 Å². The molecule has 1 aliphatic rings. The maximum absolute atomic E-state index is 12.7. The predicted molar refractivity (Wildman–Crippen MR) is 80.4 cm³/mol. The molecule has 1 unspecified atom stereocenters. The number of nitrogens with two attached hydrogens (primary N) is 1. The molecule has 7 heteroatoms. The molecule has 1 aliphatic heterocycles. The molecule has 0 radical (unpaired) electrons. The minimum Gasteiger partial charge on any atom is -0.434 e. The Hall–Kier alpha value is -1.40. The van der Waals surface area contributed by atoms with Crippen LogP contribution in [-0.4, -0.2) is 36.5 Å².